The molecule has 1 aliphatic rings. The van der Waals surface area contributed by atoms with Crippen molar-refractivity contribution in [3.05, 3.63) is 28.2 Å². The molecule has 1 saturated heterocycles. The van der Waals surface area contributed by atoms with Crippen molar-refractivity contribution in [2.45, 2.75) is 6.42 Å². The molecule has 0 spiro atoms. The van der Waals surface area contributed by atoms with Gasteiger partial charge in [-0.05, 0) is 24.6 Å². The van der Waals surface area contributed by atoms with Gasteiger partial charge in [0.15, 0.2) is 0 Å². The Hall–Kier alpha value is -0.440. The first-order chi connectivity index (χ1) is 7.20. The molecule has 0 radical (unpaired) electrons. The molecule has 2 rings (SSSR count). The van der Waals surface area contributed by atoms with Crippen LogP contribution in [0, 0.1) is 5.92 Å². The third kappa shape index (κ3) is 2.39. The third-order valence-electron chi connectivity index (χ3n) is 2.79. The van der Waals surface area contributed by atoms with Crippen LogP contribution >= 0.6 is 23.2 Å². The van der Waals surface area contributed by atoms with Crippen molar-refractivity contribution in [3.63, 3.8) is 0 Å². The predicted octanol–water partition coefficient (Wildman–Crippen LogP) is 2.81. The summed E-state index contributed by atoms with van der Waals surface area (Å²) >= 11 is 12.0. The van der Waals surface area contributed by atoms with Gasteiger partial charge in [0.2, 0.25) is 0 Å². The molecule has 1 aromatic carbocycles. The SMILES string of the molecule is OCC1CCN(c2cc(Cl)ccc2Cl)C1. The van der Waals surface area contributed by atoms with Crippen LogP contribution in [0.3, 0.4) is 0 Å². The van der Waals surface area contributed by atoms with E-state index in [9.17, 15) is 0 Å². The van der Waals surface area contributed by atoms with Gasteiger partial charge in [0.05, 0.1) is 10.7 Å². The van der Waals surface area contributed by atoms with Crippen molar-refractivity contribution in [2.75, 3.05) is 24.6 Å². The van der Waals surface area contributed by atoms with Crippen LogP contribution in [0.5, 0.6) is 0 Å². The summed E-state index contributed by atoms with van der Waals surface area (Å²) in [5, 5.41) is 10.5. The molecule has 1 N–H and O–H groups in total. The molecule has 4 heteroatoms. The Labute approximate surface area is 99.4 Å². The van der Waals surface area contributed by atoms with Crippen LogP contribution in [-0.4, -0.2) is 24.8 Å². The largest absolute Gasteiger partial charge is 0.396 e. The number of anilines is 1. The molecule has 1 unspecified atom stereocenters. The number of benzene rings is 1. The molecule has 0 aromatic heterocycles. The summed E-state index contributed by atoms with van der Waals surface area (Å²) in [5.41, 5.74) is 0.972. The third-order valence-corrected chi connectivity index (χ3v) is 3.35. The normalized spacial score (nSPS) is 21.0. The average Bonchev–Trinajstić information content (AvgIpc) is 2.70. The van der Waals surface area contributed by atoms with Gasteiger partial charge in [-0.3, -0.25) is 0 Å². The number of nitrogens with zero attached hydrogens (tertiary/aromatic N) is 1. The Morgan fingerprint density at radius 3 is 2.87 bits per heavy atom. The van der Waals surface area contributed by atoms with Gasteiger partial charge in [-0.15, -0.1) is 0 Å². The zero-order valence-corrected chi connectivity index (χ0v) is 9.80. The highest BCUT2D eigenvalue weighted by atomic mass is 35.5. The molecule has 0 bridgehead atoms. The van der Waals surface area contributed by atoms with Gasteiger partial charge in [-0.2, -0.15) is 0 Å². The monoisotopic (exact) mass is 245 g/mol. The summed E-state index contributed by atoms with van der Waals surface area (Å²) < 4.78 is 0. The smallest absolute Gasteiger partial charge is 0.0640 e. The summed E-state index contributed by atoms with van der Waals surface area (Å²) in [6, 6.07) is 5.47. The topological polar surface area (TPSA) is 23.5 Å². The van der Waals surface area contributed by atoms with Crippen molar-refractivity contribution in [2.24, 2.45) is 5.92 Å². The molecule has 1 aromatic rings. The van der Waals surface area contributed by atoms with E-state index >= 15 is 0 Å². The zero-order valence-electron chi connectivity index (χ0n) is 8.29. The Kier molecular flexibility index (Phi) is 3.39. The molecule has 0 amide bonds. The van der Waals surface area contributed by atoms with E-state index in [0.717, 1.165) is 30.2 Å². The molecule has 15 heavy (non-hydrogen) atoms. The quantitative estimate of drug-likeness (QED) is 0.867. The van der Waals surface area contributed by atoms with Gasteiger partial charge in [-0.1, -0.05) is 23.2 Å². The summed E-state index contributed by atoms with van der Waals surface area (Å²) in [6.45, 7) is 2.04. The van der Waals surface area contributed by atoms with Crippen LogP contribution in [0.15, 0.2) is 18.2 Å². The first-order valence-electron chi connectivity index (χ1n) is 5.01. The number of aliphatic hydroxyl groups excluding tert-OH is 1. The lowest BCUT2D eigenvalue weighted by atomic mass is 10.1. The Morgan fingerprint density at radius 2 is 2.20 bits per heavy atom. The van der Waals surface area contributed by atoms with E-state index in [0.29, 0.717) is 10.9 Å². The van der Waals surface area contributed by atoms with Crippen LogP contribution in [0.2, 0.25) is 10.0 Å². The van der Waals surface area contributed by atoms with Crippen LogP contribution in [0.4, 0.5) is 5.69 Å². The fourth-order valence-corrected chi connectivity index (χ4v) is 2.33. The van der Waals surface area contributed by atoms with Crippen molar-refractivity contribution in [1.82, 2.24) is 0 Å². The Morgan fingerprint density at radius 1 is 1.40 bits per heavy atom. The first-order valence-corrected chi connectivity index (χ1v) is 5.77. The van der Waals surface area contributed by atoms with E-state index in [-0.39, 0.29) is 6.61 Å². The maximum absolute atomic E-state index is 9.07. The number of hydrogen-bond donors (Lipinski definition) is 1. The molecule has 1 aliphatic heterocycles. The van der Waals surface area contributed by atoms with Gasteiger partial charge < -0.3 is 10.0 Å². The van der Waals surface area contributed by atoms with E-state index in [2.05, 4.69) is 4.90 Å². The molecule has 0 saturated carbocycles. The summed E-state index contributed by atoms with van der Waals surface area (Å²) in [7, 11) is 0. The van der Waals surface area contributed by atoms with Crippen LogP contribution in [0.25, 0.3) is 0 Å². The van der Waals surface area contributed by atoms with E-state index in [4.69, 9.17) is 28.3 Å². The lowest BCUT2D eigenvalue weighted by Crippen LogP contribution is -2.20. The van der Waals surface area contributed by atoms with Gasteiger partial charge in [0, 0.05) is 30.6 Å². The second-order valence-corrected chi connectivity index (χ2v) is 4.72. The molecular formula is C11H13Cl2NO. The molecule has 0 aliphatic carbocycles. The lowest BCUT2D eigenvalue weighted by Gasteiger charge is -2.20. The van der Waals surface area contributed by atoms with Crippen LogP contribution in [0.1, 0.15) is 6.42 Å². The molecule has 82 valence electrons. The minimum absolute atomic E-state index is 0.245. The average molecular weight is 246 g/mol. The predicted molar refractivity (Wildman–Crippen MR) is 63.9 cm³/mol. The van der Waals surface area contributed by atoms with Crippen LogP contribution in [-0.2, 0) is 0 Å². The van der Waals surface area contributed by atoms with E-state index in [1.807, 2.05) is 12.1 Å². The maximum atomic E-state index is 9.07. The minimum atomic E-state index is 0.245. The highest BCUT2D eigenvalue weighted by Crippen LogP contribution is 2.32. The lowest BCUT2D eigenvalue weighted by molar-refractivity contribution is 0.238. The number of aliphatic hydroxyl groups is 1. The van der Waals surface area contributed by atoms with E-state index in [1.54, 1.807) is 6.07 Å². The summed E-state index contributed by atoms with van der Waals surface area (Å²) in [4.78, 5) is 2.18. The molecule has 1 heterocycles. The fourth-order valence-electron chi connectivity index (χ4n) is 1.93. The van der Waals surface area contributed by atoms with Gasteiger partial charge in [-0.25, -0.2) is 0 Å². The molecule has 2 nitrogen and oxygen atoms in total. The zero-order chi connectivity index (χ0) is 10.8. The van der Waals surface area contributed by atoms with Crippen molar-refractivity contribution in [3.8, 4) is 0 Å². The number of rotatable bonds is 2. The standard InChI is InChI=1S/C11H13Cl2NO/c12-9-1-2-10(13)11(5-9)14-4-3-8(6-14)7-15/h1-2,5,8,15H,3-4,6-7H2. The first kappa shape index (κ1) is 11.1. The van der Waals surface area contributed by atoms with Crippen molar-refractivity contribution >= 4 is 28.9 Å². The van der Waals surface area contributed by atoms with Crippen LogP contribution < -0.4 is 4.90 Å². The van der Waals surface area contributed by atoms with Gasteiger partial charge in [0.25, 0.3) is 0 Å². The minimum Gasteiger partial charge on any atom is -0.396 e. The number of halogens is 2. The van der Waals surface area contributed by atoms with Crippen molar-refractivity contribution < 1.29 is 5.11 Å². The van der Waals surface area contributed by atoms with Gasteiger partial charge >= 0.3 is 0 Å². The molecular weight excluding hydrogens is 233 g/mol. The fraction of sp³-hybridized carbons (Fsp3) is 0.455. The summed E-state index contributed by atoms with van der Waals surface area (Å²) in [6.07, 6.45) is 1.01. The van der Waals surface area contributed by atoms with Gasteiger partial charge in [0.1, 0.15) is 0 Å². The second kappa shape index (κ2) is 4.60. The summed E-state index contributed by atoms with van der Waals surface area (Å²) in [5.74, 6) is 0.361. The molecule has 1 atom stereocenters. The molecule has 1 fully saturated rings. The Balaban J connectivity index is 2.19. The highest BCUT2D eigenvalue weighted by Gasteiger charge is 2.23. The number of hydrogen-bond acceptors (Lipinski definition) is 2. The highest BCUT2D eigenvalue weighted by molar-refractivity contribution is 6.35. The maximum Gasteiger partial charge on any atom is 0.0640 e. The second-order valence-electron chi connectivity index (χ2n) is 3.88. The van der Waals surface area contributed by atoms with Crippen molar-refractivity contribution in [1.29, 1.82) is 0 Å². The van der Waals surface area contributed by atoms with E-state index < -0.39 is 0 Å². The van der Waals surface area contributed by atoms with E-state index in [1.165, 1.54) is 0 Å². The Bertz CT molecular complexity index is 356.